The Hall–Kier alpha value is -1.03. The molecule has 2 aromatic rings. The van der Waals surface area contributed by atoms with Crippen molar-refractivity contribution < 1.29 is 5.11 Å². The van der Waals surface area contributed by atoms with Crippen LogP contribution in [0, 0.1) is 0 Å². The first-order chi connectivity index (χ1) is 8.08. The Morgan fingerprint density at radius 2 is 2.12 bits per heavy atom. The highest BCUT2D eigenvalue weighted by atomic mass is 35.5. The van der Waals surface area contributed by atoms with Gasteiger partial charge in [0.1, 0.15) is 6.10 Å². The van der Waals surface area contributed by atoms with Gasteiger partial charge in [-0.25, -0.2) is 0 Å². The van der Waals surface area contributed by atoms with E-state index in [1.54, 1.807) is 23.0 Å². The molecule has 0 radical (unpaired) electrons. The number of rotatable bonds is 3. The predicted octanol–water partition coefficient (Wildman–Crippen LogP) is 3.00. The zero-order chi connectivity index (χ0) is 12.4. The molecule has 1 atom stereocenters. The maximum Gasteiger partial charge on any atom is 0.102 e. The molecule has 0 fully saturated rings. The fraction of sp³-hybridized carbons (Fsp3) is 0.250. The molecule has 17 heavy (non-hydrogen) atoms. The van der Waals surface area contributed by atoms with Crippen molar-refractivity contribution in [1.82, 2.24) is 9.78 Å². The maximum absolute atomic E-state index is 10.0. The van der Waals surface area contributed by atoms with Gasteiger partial charge in [0.05, 0.1) is 15.7 Å². The van der Waals surface area contributed by atoms with Gasteiger partial charge >= 0.3 is 0 Å². The third kappa shape index (κ3) is 2.80. The third-order valence-corrected chi connectivity index (χ3v) is 3.38. The van der Waals surface area contributed by atoms with Crippen LogP contribution in [0.3, 0.4) is 0 Å². The van der Waals surface area contributed by atoms with Gasteiger partial charge in [-0.2, -0.15) is 5.10 Å². The van der Waals surface area contributed by atoms with Crippen LogP contribution in [-0.4, -0.2) is 14.9 Å². The summed E-state index contributed by atoms with van der Waals surface area (Å²) in [6.07, 6.45) is 1.52. The van der Waals surface area contributed by atoms with Crippen molar-refractivity contribution in [1.29, 1.82) is 0 Å². The van der Waals surface area contributed by atoms with Crippen LogP contribution >= 0.6 is 23.2 Å². The molecule has 1 N–H and O–H groups in total. The molecule has 3 nitrogen and oxygen atoms in total. The fourth-order valence-electron chi connectivity index (χ4n) is 1.63. The van der Waals surface area contributed by atoms with E-state index in [0.717, 1.165) is 5.56 Å². The second-order valence-corrected chi connectivity index (χ2v) is 4.63. The Balaban J connectivity index is 2.18. The molecular formula is C12H12Cl2N2O. The monoisotopic (exact) mass is 270 g/mol. The summed E-state index contributed by atoms with van der Waals surface area (Å²) in [5, 5.41) is 15.2. The molecule has 0 aliphatic rings. The van der Waals surface area contributed by atoms with E-state index in [4.69, 9.17) is 23.2 Å². The topological polar surface area (TPSA) is 38.0 Å². The second kappa shape index (κ2) is 5.08. The Bertz CT molecular complexity index is 525. The minimum Gasteiger partial charge on any atom is -0.386 e. The van der Waals surface area contributed by atoms with Gasteiger partial charge in [0.15, 0.2) is 0 Å². The van der Waals surface area contributed by atoms with Crippen molar-refractivity contribution in [3.05, 3.63) is 51.8 Å². The lowest BCUT2D eigenvalue weighted by atomic mass is 10.1. The summed E-state index contributed by atoms with van der Waals surface area (Å²) in [7, 11) is 1.81. The SMILES string of the molecule is Cn1ccc(C(O)Cc2cccc(Cl)c2Cl)n1. The van der Waals surface area contributed by atoms with Crippen molar-refractivity contribution in [2.75, 3.05) is 0 Å². The van der Waals surface area contributed by atoms with Crippen molar-refractivity contribution in [3.63, 3.8) is 0 Å². The molecule has 0 bridgehead atoms. The summed E-state index contributed by atoms with van der Waals surface area (Å²) in [6.45, 7) is 0. The van der Waals surface area contributed by atoms with Crippen LogP contribution in [-0.2, 0) is 13.5 Å². The molecular weight excluding hydrogens is 259 g/mol. The molecule has 0 aliphatic heterocycles. The zero-order valence-corrected chi connectivity index (χ0v) is 10.8. The molecule has 1 heterocycles. The van der Waals surface area contributed by atoms with Gasteiger partial charge in [0, 0.05) is 19.7 Å². The Labute approximate surface area is 110 Å². The molecule has 5 heteroatoms. The molecule has 0 amide bonds. The fourth-order valence-corrected chi connectivity index (χ4v) is 2.03. The quantitative estimate of drug-likeness (QED) is 0.931. The van der Waals surface area contributed by atoms with E-state index in [0.29, 0.717) is 22.2 Å². The highest BCUT2D eigenvalue weighted by Crippen LogP contribution is 2.28. The van der Waals surface area contributed by atoms with E-state index in [1.165, 1.54) is 0 Å². The average molecular weight is 271 g/mol. The molecule has 1 unspecified atom stereocenters. The van der Waals surface area contributed by atoms with Crippen LogP contribution in [0.1, 0.15) is 17.4 Å². The first-order valence-corrected chi connectivity index (χ1v) is 5.94. The summed E-state index contributed by atoms with van der Waals surface area (Å²) in [5.41, 5.74) is 1.45. The lowest BCUT2D eigenvalue weighted by molar-refractivity contribution is 0.173. The standard InChI is InChI=1S/C12H12Cl2N2O/c1-16-6-5-10(15-16)11(17)7-8-3-2-4-9(13)12(8)14/h2-6,11,17H,7H2,1H3. The van der Waals surface area contributed by atoms with Gasteiger partial charge in [-0.1, -0.05) is 35.3 Å². The molecule has 0 saturated heterocycles. The van der Waals surface area contributed by atoms with E-state index >= 15 is 0 Å². The highest BCUT2D eigenvalue weighted by Gasteiger charge is 2.14. The van der Waals surface area contributed by atoms with E-state index in [9.17, 15) is 5.11 Å². The summed E-state index contributed by atoms with van der Waals surface area (Å²) >= 11 is 12.0. The van der Waals surface area contributed by atoms with Gasteiger partial charge in [-0.3, -0.25) is 4.68 Å². The van der Waals surface area contributed by atoms with E-state index < -0.39 is 6.10 Å². The summed E-state index contributed by atoms with van der Waals surface area (Å²) in [6, 6.07) is 7.17. The lowest BCUT2D eigenvalue weighted by Gasteiger charge is -2.10. The minimum absolute atomic E-state index is 0.399. The van der Waals surface area contributed by atoms with Gasteiger partial charge in [-0.05, 0) is 17.7 Å². The number of hydrogen-bond donors (Lipinski definition) is 1. The number of aryl methyl sites for hydroxylation is 1. The van der Waals surface area contributed by atoms with Crippen molar-refractivity contribution >= 4 is 23.2 Å². The van der Waals surface area contributed by atoms with E-state index in [1.807, 2.05) is 19.2 Å². The lowest BCUT2D eigenvalue weighted by Crippen LogP contribution is -2.04. The number of nitrogens with zero attached hydrogens (tertiary/aromatic N) is 2. The smallest absolute Gasteiger partial charge is 0.102 e. The molecule has 0 saturated carbocycles. The van der Waals surface area contributed by atoms with Crippen LogP contribution < -0.4 is 0 Å². The van der Waals surface area contributed by atoms with Crippen LogP contribution in [0.2, 0.25) is 10.0 Å². The van der Waals surface area contributed by atoms with E-state index in [-0.39, 0.29) is 0 Å². The molecule has 0 spiro atoms. The highest BCUT2D eigenvalue weighted by molar-refractivity contribution is 6.42. The molecule has 1 aromatic heterocycles. The van der Waals surface area contributed by atoms with Crippen LogP contribution in [0.4, 0.5) is 0 Å². The number of benzene rings is 1. The first-order valence-electron chi connectivity index (χ1n) is 5.18. The molecule has 1 aromatic carbocycles. The normalized spacial score (nSPS) is 12.7. The largest absolute Gasteiger partial charge is 0.386 e. The number of hydrogen-bond acceptors (Lipinski definition) is 2. The van der Waals surface area contributed by atoms with E-state index in [2.05, 4.69) is 5.10 Å². The summed E-state index contributed by atoms with van der Waals surface area (Å²) < 4.78 is 1.65. The Kier molecular flexibility index (Phi) is 3.72. The number of aliphatic hydroxyl groups excluding tert-OH is 1. The third-order valence-electron chi connectivity index (χ3n) is 2.52. The molecule has 0 aliphatic carbocycles. The zero-order valence-electron chi connectivity index (χ0n) is 9.27. The summed E-state index contributed by atoms with van der Waals surface area (Å²) in [5.74, 6) is 0. The molecule has 2 rings (SSSR count). The summed E-state index contributed by atoms with van der Waals surface area (Å²) in [4.78, 5) is 0. The predicted molar refractivity (Wildman–Crippen MR) is 68.3 cm³/mol. The second-order valence-electron chi connectivity index (χ2n) is 3.85. The van der Waals surface area contributed by atoms with Crippen molar-refractivity contribution in [2.24, 2.45) is 7.05 Å². The number of aliphatic hydroxyl groups is 1. The Morgan fingerprint density at radius 1 is 1.35 bits per heavy atom. The Morgan fingerprint density at radius 3 is 2.76 bits per heavy atom. The van der Waals surface area contributed by atoms with Gasteiger partial charge in [-0.15, -0.1) is 0 Å². The van der Waals surface area contributed by atoms with Gasteiger partial charge < -0.3 is 5.11 Å². The van der Waals surface area contributed by atoms with Crippen LogP contribution in [0.5, 0.6) is 0 Å². The average Bonchev–Trinajstić information content (AvgIpc) is 2.72. The van der Waals surface area contributed by atoms with Gasteiger partial charge in [0.25, 0.3) is 0 Å². The number of aromatic nitrogens is 2. The first kappa shape index (κ1) is 12.4. The van der Waals surface area contributed by atoms with Crippen molar-refractivity contribution in [2.45, 2.75) is 12.5 Å². The van der Waals surface area contributed by atoms with Crippen LogP contribution in [0.15, 0.2) is 30.5 Å². The number of halogens is 2. The molecule has 90 valence electrons. The minimum atomic E-state index is -0.674. The maximum atomic E-state index is 10.0. The van der Waals surface area contributed by atoms with Gasteiger partial charge in [0.2, 0.25) is 0 Å². The van der Waals surface area contributed by atoms with Crippen molar-refractivity contribution in [3.8, 4) is 0 Å². The van der Waals surface area contributed by atoms with Crippen LogP contribution in [0.25, 0.3) is 0 Å².